The molecule has 0 N–H and O–H groups in total. The molecule has 0 heterocycles. The SMILES string of the molecule is O=C(CCP)c1c(Cl)c(Cl)c(Cl)c(Cl)c1Cl. The summed E-state index contributed by atoms with van der Waals surface area (Å²) in [6.07, 6.45) is 0.891. The van der Waals surface area contributed by atoms with Crippen LogP contribution in [0.25, 0.3) is 0 Å². The highest BCUT2D eigenvalue weighted by atomic mass is 35.5. The van der Waals surface area contributed by atoms with Crippen molar-refractivity contribution in [3.05, 3.63) is 30.7 Å². The van der Waals surface area contributed by atoms with E-state index in [4.69, 9.17) is 58.0 Å². The highest BCUT2D eigenvalue weighted by molar-refractivity contribution is 7.16. The standard InChI is InChI=1S/C9H6Cl5OP/c10-5-4(3(15)1-2-16)6(11)8(13)9(14)7(5)12/h1-2,16H2. The minimum absolute atomic E-state index is 0.0458. The molecule has 7 heteroatoms. The first kappa shape index (κ1) is 14.8. The van der Waals surface area contributed by atoms with Gasteiger partial charge in [0.05, 0.1) is 30.7 Å². The lowest BCUT2D eigenvalue weighted by atomic mass is 10.1. The summed E-state index contributed by atoms with van der Waals surface area (Å²) >= 11 is 29.3. The Kier molecular flexibility index (Phi) is 5.64. The van der Waals surface area contributed by atoms with Crippen LogP contribution in [0.5, 0.6) is 0 Å². The van der Waals surface area contributed by atoms with E-state index in [1.807, 2.05) is 0 Å². The molecule has 16 heavy (non-hydrogen) atoms. The van der Waals surface area contributed by atoms with Crippen molar-refractivity contribution >= 4 is 73.0 Å². The number of carbonyl (C=O) groups is 1. The molecule has 0 amide bonds. The Morgan fingerprint density at radius 2 is 1.25 bits per heavy atom. The molecular weight excluding hydrogens is 332 g/mol. The van der Waals surface area contributed by atoms with Crippen molar-refractivity contribution in [2.24, 2.45) is 0 Å². The molecule has 0 saturated carbocycles. The number of benzene rings is 1. The van der Waals surface area contributed by atoms with Gasteiger partial charge in [-0.1, -0.05) is 58.0 Å². The van der Waals surface area contributed by atoms with Gasteiger partial charge in [0.1, 0.15) is 0 Å². The molecule has 0 aliphatic carbocycles. The molecule has 1 unspecified atom stereocenters. The van der Waals surface area contributed by atoms with Crippen LogP contribution < -0.4 is 0 Å². The monoisotopic (exact) mass is 336 g/mol. The minimum Gasteiger partial charge on any atom is -0.294 e. The maximum atomic E-state index is 11.8. The summed E-state index contributed by atoms with van der Waals surface area (Å²) in [5.41, 5.74) is 0.130. The van der Waals surface area contributed by atoms with E-state index in [0.717, 1.165) is 0 Å². The van der Waals surface area contributed by atoms with Gasteiger partial charge in [-0.05, 0) is 6.16 Å². The van der Waals surface area contributed by atoms with Gasteiger partial charge in [-0.2, -0.15) is 0 Å². The fourth-order valence-electron chi connectivity index (χ4n) is 1.11. The summed E-state index contributed by atoms with van der Waals surface area (Å²) < 4.78 is 0. The number of carbonyl (C=O) groups excluding carboxylic acids is 1. The molecule has 0 spiro atoms. The van der Waals surface area contributed by atoms with Crippen molar-refractivity contribution < 1.29 is 4.79 Å². The largest absolute Gasteiger partial charge is 0.294 e. The topological polar surface area (TPSA) is 17.1 Å². The predicted molar refractivity (Wildman–Crippen MR) is 75.0 cm³/mol. The first-order valence-electron chi connectivity index (χ1n) is 4.16. The van der Waals surface area contributed by atoms with Crippen molar-refractivity contribution in [1.29, 1.82) is 0 Å². The second-order valence-electron chi connectivity index (χ2n) is 2.91. The summed E-state index contributed by atoms with van der Waals surface area (Å²) in [6, 6.07) is 0. The van der Waals surface area contributed by atoms with E-state index < -0.39 is 0 Å². The normalized spacial score (nSPS) is 10.6. The van der Waals surface area contributed by atoms with Crippen molar-refractivity contribution in [2.75, 3.05) is 6.16 Å². The molecule has 1 aromatic carbocycles. The maximum absolute atomic E-state index is 11.8. The molecule has 0 saturated heterocycles. The Labute approximate surface area is 121 Å². The van der Waals surface area contributed by atoms with Crippen LogP contribution in [0.3, 0.4) is 0 Å². The van der Waals surface area contributed by atoms with Crippen LogP contribution in [-0.4, -0.2) is 11.9 Å². The van der Waals surface area contributed by atoms with Crippen LogP contribution in [0.2, 0.25) is 25.1 Å². The van der Waals surface area contributed by atoms with Crippen LogP contribution in [-0.2, 0) is 0 Å². The van der Waals surface area contributed by atoms with Crippen LogP contribution in [0.15, 0.2) is 0 Å². The molecule has 0 fully saturated rings. The van der Waals surface area contributed by atoms with Gasteiger partial charge in [0.2, 0.25) is 0 Å². The average Bonchev–Trinajstić information content (AvgIpc) is 2.24. The number of ketones is 1. The molecule has 0 aromatic heterocycles. The lowest BCUT2D eigenvalue weighted by Crippen LogP contribution is -2.03. The maximum Gasteiger partial charge on any atom is 0.166 e. The smallest absolute Gasteiger partial charge is 0.166 e. The third-order valence-corrected chi connectivity index (χ3v) is 4.43. The lowest BCUT2D eigenvalue weighted by molar-refractivity contribution is 0.0990. The number of hydrogen-bond acceptors (Lipinski definition) is 1. The van der Waals surface area contributed by atoms with E-state index in [1.165, 1.54) is 0 Å². The van der Waals surface area contributed by atoms with E-state index in [1.54, 1.807) is 0 Å². The van der Waals surface area contributed by atoms with Crippen molar-refractivity contribution in [2.45, 2.75) is 6.42 Å². The summed E-state index contributed by atoms with van der Waals surface area (Å²) in [4.78, 5) is 11.8. The van der Waals surface area contributed by atoms with E-state index in [2.05, 4.69) is 9.24 Å². The zero-order valence-corrected chi connectivity index (χ0v) is 12.7. The highest BCUT2D eigenvalue weighted by Crippen LogP contribution is 2.44. The van der Waals surface area contributed by atoms with Crippen molar-refractivity contribution in [3.8, 4) is 0 Å². The Balaban J connectivity index is 3.45. The van der Waals surface area contributed by atoms with Crippen molar-refractivity contribution in [3.63, 3.8) is 0 Å². The predicted octanol–water partition coefficient (Wildman–Crippen LogP) is 5.40. The quantitative estimate of drug-likeness (QED) is 0.312. The fraction of sp³-hybridized carbons (Fsp3) is 0.222. The summed E-state index contributed by atoms with van der Waals surface area (Å²) in [5, 5.41) is 0.240. The van der Waals surface area contributed by atoms with E-state index in [-0.39, 0.29) is 36.5 Å². The highest BCUT2D eigenvalue weighted by Gasteiger charge is 2.23. The minimum atomic E-state index is -0.217. The zero-order valence-electron chi connectivity index (χ0n) is 7.79. The molecule has 88 valence electrons. The Morgan fingerprint density at radius 3 is 1.62 bits per heavy atom. The van der Waals surface area contributed by atoms with Crippen LogP contribution in [0, 0.1) is 0 Å². The molecular formula is C9H6Cl5OP. The molecule has 0 radical (unpaired) electrons. The van der Waals surface area contributed by atoms with Gasteiger partial charge >= 0.3 is 0 Å². The Morgan fingerprint density at radius 1 is 0.875 bits per heavy atom. The van der Waals surface area contributed by atoms with Crippen molar-refractivity contribution in [1.82, 2.24) is 0 Å². The van der Waals surface area contributed by atoms with Gasteiger partial charge in [0.15, 0.2) is 5.78 Å². The Hall–Kier alpha value is 0.770. The first-order valence-corrected chi connectivity index (χ1v) is 6.87. The number of halogens is 5. The van der Waals surface area contributed by atoms with Crippen LogP contribution in [0.4, 0.5) is 0 Å². The summed E-state index contributed by atoms with van der Waals surface area (Å²) in [5.74, 6) is -0.217. The van der Waals surface area contributed by atoms with E-state index in [9.17, 15) is 4.79 Å². The third-order valence-electron chi connectivity index (χ3n) is 1.86. The van der Waals surface area contributed by atoms with Crippen LogP contribution in [0.1, 0.15) is 16.8 Å². The van der Waals surface area contributed by atoms with Gasteiger partial charge < -0.3 is 0 Å². The fourth-order valence-corrected chi connectivity index (χ4v) is 2.72. The molecule has 0 aliphatic rings. The second kappa shape index (κ2) is 6.09. The second-order valence-corrected chi connectivity index (χ2v) is 5.37. The van der Waals surface area contributed by atoms with Gasteiger partial charge in [-0.3, -0.25) is 4.79 Å². The van der Waals surface area contributed by atoms with Gasteiger partial charge in [0, 0.05) is 6.42 Å². The molecule has 0 aliphatic heterocycles. The summed E-state index contributed by atoms with van der Waals surface area (Å²) in [6.45, 7) is 0. The molecule has 1 nitrogen and oxygen atoms in total. The molecule has 1 rings (SSSR count). The third kappa shape index (κ3) is 2.77. The molecule has 1 atom stereocenters. The number of Topliss-reactive ketones (excluding diaryl/α,β-unsaturated/α-hetero) is 1. The Bertz CT molecular complexity index is 417. The number of hydrogen-bond donors (Lipinski definition) is 0. The van der Waals surface area contributed by atoms with Gasteiger partial charge in [-0.25, -0.2) is 0 Å². The molecule has 1 aromatic rings. The molecule has 0 bridgehead atoms. The lowest BCUT2D eigenvalue weighted by Gasteiger charge is -2.10. The van der Waals surface area contributed by atoms with Crippen LogP contribution >= 0.6 is 67.2 Å². The zero-order chi connectivity index (χ0) is 12.5. The van der Waals surface area contributed by atoms with E-state index in [0.29, 0.717) is 12.6 Å². The summed E-state index contributed by atoms with van der Waals surface area (Å²) in [7, 11) is 2.44. The van der Waals surface area contributed by atoms with Gasteiger partial charge in [0.25, 0.3) is 0 Å². The van der Waals surface area contributed by atoms with E-state index >= 15 is 0 Å². The number of rotatable bonds is 3. The average molecular weight is 338 g/mol. The van der Waals surface area contributed by atoms with Gasteiger partial charge in [-0.15, -0.1) is 9.24 Å². The first-order chi connectivity index (χ1) is 7.41.